The van der Waals surface area contributed by atoms with Crippen molar-refractivity contribution in [1.82, 2.24) is 25.5 Å². The van der Waals surface area contributed by atoms with Crippen molar-refractivity contribution < 1.29 is 14.3 Å². The van der Waals surface area contributed by atoms with Crippen LogP contribution in [0, 0.1) is 0 Å². The van der Waals surface area contributed by atoms with Gasteiger partial charge < -0.3 is 30.3 Å². The molecule has 0 fully saturated rings. The minimum Gasteiger partial charge on any atom is -0.490 e. The molecule has 0 spiro atoms. The molecule has 3 N–H and O–H groups in total. The van der Waals surface area contributed by atoms with E-state index in [9.17, 15) is 4.79 Å². The van der Waals surface area contributed by atoms with E-state index < -0.39 is 0 Å². The van der Waals surface area contributed by atoms with Crippen LogP contribution in [0.4, 0.5) is 11.5 Å². The molecule has 10 heteroatoms. The predicted molar refractivity (Wildman–Crippen MR) is 154 cm³/mol. The molecule has 0 saturated heterocycles. The van der Waals surface area contributed by atoms with Crippen LogP contribution in [0.3, 0.4) is 0 Å². The van der Waals surface area contributed by atoms with Gasteiger partial charge in [0.15, 0.2) is 11.5 Å². The summed E-state index contributed by atoms with van der Waals surface area (Å²) in [6, 6.07) is 10.3. The predicted octanol–water partition coefficient (Wildman–Crippen LogP) is 4.63. The van der Waals surface area contributed by atoms with Crippen LogP contribution in [-0.4, -0.2) is 67.2 Å². The van der Waals surface area contributed by atoms with Gasteiger partial charge in [-0.1, -0.05) is 22.0 Å². The van der Waals surface area contributed by atoms with Crippen LogP contribution in [0.5, 0.6) is 11.5 Å². The molecule has 2 heterocycles. The van der Waals surface area contributed by atoms with Crippen LogP contribution >= 0.6 is 15.9 Å². The van der Waals surface area contributed by atoms with Crippen molar-refractivity contribution in [2.75, 3.05) is 51.8 Å². The molecule has 3 aromatic rings. The summed E-state index contributed by atoms with van der Waals surface area (Å²) in [5.74, 6) is 2.10. The first-order chi connectivity index (χ1) is 18.5. The fourth-order valence-corrected chi connectivity index (χ4v) is 4.72. The molecule has 9 nitrogen and oxygen atoms in total. The normalized spacial score (nSPS) is 14.6. The van der Waals surface area contributed by atoms with Crippen molar-refractivity contribution in [2.24, 2.45) is 0 Å². The van der Waals surface area contributed by atoms with Crippen molar-refractivity contribution >= 4 is 44.2 Å². The maximum atomic E-state index is 11.0. The van der Waals surface area contributed by atoms with E-state index in [-0.39, 0.29) is 5.91 Å². The van der Waals surface area contributed by atoms with Gasteiger partial charge in [0.2, 0.25) is 5.91 Å². The summed E-state index contributed by atoms with van der Waals surface area (Å²) in [6.07, 6.45) is 5.59. The van der Waals surface area contributed by atoms with Crippen molar-refractivity contribution in [3.8, 4) is 11.5 Å². The van der Waals surface area contributed by atoms with E-state index in [1.807, 2.05) is 12.1 Å². The quantitative estimate of drug-likeness (QED) is 0.330. The first kappa shape index (κ1) is 28.1. The number of ether oxygens (including phenoxy) is 2. The Morgan fingerprint density at radius 2 is 2.05 bits per heavy atom. The SMILES string of the molecule is CC(=O)NCCNCCCOc1cc2ncnc3c2cc1OCCCCCN(C)Cc1ccc(Br)cc1N3. The van der Waals surface area contributed by atoms with Crippen LogP contribution < -0.4 is 25.4 Å². The molecule has 1 aliphatic rings. The minimum atomic E-state index is -0.0155. The zero-order valence-electron chi connectivity index (χ0n) is 22.2. The Bertz CT molecular complexity index is 1220. The first-order valence-electron chi connectivity index (χ1n) is 13.2. The van der Waals surface area contributed by atoms with Crippen LogP contribution in [0.25, 0.3) is 10.9 Å². The highest BCUT2D eigenvalue weighted by molar-refractivity contribution is 9.10. The molecule has 38 heavy (non-hydrogen) atoms. The largest absolute Gasteiger partial charge is 0.490 e. The first-order valence-corrected chi connectivity index (χ1v) is 14.0. The third-order valence-corrected chi connectivity index (χ3v) is 6.83. The highest BCUT2D eigenvalue weighted by Crippen LogP contribution is 2.36. The van der Waals surface area contributed by atoms with Crippen molar-refractivity contribution in [3.63, 3.8) is 0 Å². The highest BCUT2D eigenvalue weighted by atomic mass is 79.9. The van der Waals surface area contributed by atoms with Crippen LogP contribution in [-0.2, 0) is 11.3 Å². The maximum Gasteiger partial charge on any atom is 0.216 e. The Hall–Kier alpha value is -2.95. The number of benzene rings is 2. The summed E-state index contributed by atoms with van der Waals surface area (Å²) >= 11 is 3.62. The number of halogens is 1. The number of nitrogens with one attached hydrogen (secondary N) is 3. The van der Waals surface area contributed by atoms with E-state index in [2.05, 4.69) is 72.0 Å². The smallest absolute Gasteiger partial charge is 0.216 e. The van der Waals surface area contributed by atoms with Gasteiger partial charge in [-0.2, -0.15) is 0 Å². The van der Waals surface area contributed by atoms with E-state index in [1.54, 1.807) is 6.33 Å². The molecule has 2 aromatic carbocycles. The molecule has 1 amide bonds. The fraction of sp³-hybridized carbons (Fsp3) is 0.464. The van der Waals surface area contributed by atoms with E-state index in [1.165, 1.54) is 12.5 Å². The summed E-state index contributed by atoms with van der Waals surface area (Å²) in [5, 5.41) is 10.5. The average Bonchev–Trinajstić information content (AvgIpc) is 2.89. The van der Waals surface area contributed by atoms with Gasteiger partial charge in [-0.15, -0.1) is 0 Å². The second-order valence-corrected chi connectivity index (χ2v) is 10.5. The molecule has 1 aliphatic heterocycles. The van der Waals surface area contributed by atoms with E-state index in [0.717, 1.165) is 78.7 Å². The molecular weight excluding hydrogens is 548 g/mol. The number of aromatic nitrogens is 2. The lowest BCUT2D eigenvalue weighted by Crippen LogP contribution is -2.31. The van der Waals surface area contributed by atoms with Crippen molar-refractivity contribution in [2.45, 2.75) is 39.2 Å². The number of hydrogen-bond acceptors (Lipinski definition) is 8. The molecule has 0 radical (unpaired) electrons. The third-order valence-electron chi connectivity index (χ3n) is 6.34. The molecule has 0 unspecified atom stereocenters. The van der Waals surface area contributed by atoms with Gasteiger partial charge in [0.1, 0.15) is 12.1 Å². The number of amides is 1. The highest BCUT2D eigenvalue weighted by Gasteiger charge is 2.15. The second kappa shape index (κ2) is 14.3. The molecule has 0 atom stereocenters. The van der Waals surface area contributed by atoms with Crippen LogP contribution in [0.1, 0.15) is 38.2 Å². The van der Waals surface area contributed by atoms with Crippen molar-refractivity contribution in [1.29, 1.82) is 0 Å². The number of nitrogens with zero attached hydrogens (tertiary/aromatic N) is 3. The standard InChI is InChI=1S/C28H37BrN6O3/c1-20(36)31-11-10-30-9-6-14-38-27-17-25-23-16-26(27)37-13-5-3-4-12-35(2)18-21-7-8-22(29)15-24(21)34-28(23)33-19-32-25/h7-8,15-17,19,30H,3-6,9-14,18H2,1-2H3,(H,31,36)(H,32,33,34). The molecule has 0 saturated carbocycles. The Balaban J connectivity index is 1.53. The summed E-state index contributed by atoms with van der Waals surface area (Å²) in [4.78, 5) is 22.4. The van der Waals surface area contributed by atoms with E-state index in [0.29, 0.717) is 31.3 Å². The number of rotatable bonds is 8. The Kier molecular flexibility index (Phi) is 10.5. The summed E-state index contributed by atoms with van der Waals surface area (Å²) in [6.45, 7) is 6.70. The van der Waals surface area contributed by atoms with Gasteiger partial charge in [-0.3, -0.25) is 4.79 Å². The van der Waals surface area contributed by atoms with Gasteiger partial charge in [0.25, 0.3) is 0 Å². The van der Waals surface area contributed by atoms with E-state index in [4.69, 9.17) is 9.47 Å². The molecular formula is C28H37BrN6O3. The fourth-order valence-electron chi connectivity index (χ4n) is 4.36. The lowest BCUT2D eigenvalue weighted by Gasteiger charge is -2.20. The van der Waals surface area contributed by atoms with Gasteiger partial charge in [-0.25, -0.2) is 9.97 Å². The second-order valence-electron chi connectivity index (χ2n) is 9.55. The topological polar surface area (TPSA) is 101 Å². The average molecular weight is 586 g/mol. The number of fused-ring (bicyclic) bond motifs is 2. The summed E-state index contributed by atoms with van der Waals surface area (Å²) in [5.41, 5.74) is 3.01. The van der Waals surface area contributed by atoms with Gasteiger partial charge in [-0.05, 0) is 69.6 Å². The molecule has 0 aliphatic carbocycles. The molecule has 2 bridgehead atoms. The molecule has 1 aromatic heterocycles. The lowest BCUT2D eigenvalue weighted by molar-refractivity contribution is -0.118. The third kappa shape index (κ3) is 8.28. The monoisotopic (exact) mass is 584 g/mol. The van der Waals surface area contributed by atoms with Crippen molar-refractivity contribution in [3.05, 3.63) is 46.7 Å². The zero-order chi connectivity index (χ0) is 26.7. The summed E-state index contributed by atoms with van der Waals surface area (Å²) < 4.78 is 13.4. The number of carbonyl (C=O) groups is 1. The van der Waals surface area contributed by atoms with Gasteiger partial charge in [0, 0.05) is 48.2 Å². The lowest BCUT2D eigenvalue weighted by atomic mass is 10.1. The molecule has 204 valence electrons. The van der Waals surface area contributed by atoms with Gasteiger partial charge in [0.05, 0.1) is 18.7 Å². The molecule has 4 rings (SSSR count). The Labute approximate surface area is 232 Å². The number of anilines is 2. The Morgan fingerprint density at radius 1 is 1.16 bits per heavy atom. The number of hydrogen-bond donors (Lipinski definition) is 3. The van der Waals surface area contributed by atoms with Gasteiger partial charge >= 0.3 is 0 Å². The maximum absolute atomic E-state index is 11.0. The van der Waals surface area contributed by atoms with E-state index >= 15 is 0 Å². The van der Waals surface area contributed by atoms with Crippen LogP contribution in [0.2, 0.25) is 0 Å². The minimum absolute atomic E-state index is 0.0155. The Morgan fingerprint density at radius 3 is 2.92 bits per heavy atom. The summed E-state index contributed by atoms with van der Waals surface area (Å²) in [7, 11) is 2.16. The zero-order valence-corrected chi connectivity index (χ0v) is 23.8. The van der Waals surface area contributed by atoms with Crippen LogP contribution in [0.15, 0.2) is 41.1 Å². The number of carbonyl (C=O) groups excluding carboxylic acids is 1.